The van der Waals surface area contributed by atoms with E-state index < -0.39 is 10.5 Å². The summed E-state index contributed by atoms with van der Waals surface area (Å²) >= 11 is 1.23. The lowest BCUT2D eigenvalue weighted by Gasteiger charge is -2.20. The number of nitro groups is 1. The van der Waals surface area contributed by atoms with Crippen LogP contribution in [-0.4, -0.2) is 30.7 Å². The van der Waals surface area contributed by atoms with Crippen LogP contribution in [0.15, 0.2) is 48.1 Å². The topological polar surface area (TPSA) is 112 Å². The predicted octanol–water partition coefficient (Wildman–Crippen LogP) is 2.43. The molecular weight excluding hydrogens is 320 g/mol. The minimum atomic E-state index is -0.653. The molecular formula is C14H12N4O4S. The summed E-state index contributed by atoms with van der Waals surface area (Å²) in [4.78, 5) is 15.4. The lowest BCUT2D eigenvalue weighted by molar-refractivity contribution is -0.635. The minimum absolute atomic E-state index is 0.280. The molecule has 1 atom stereocenters. The third kappa shape index (κ3) is 2.99. The number of rotatable bonds is 4. The Labute approximate surface area is 135 Å². The fraction of sp³-hybridized carbons (Fsp3) is 0.0714. The number of phenolic OH excluding ortho intramolecular Hbond substituents is 2. The van der Waals surface area contributed by atoms with Gasteiger partial charge < -0.3 is 15.5 Å². The number of hydrogen-bond acceptors (Lipinski definition) is 7. The van der Waals surface area contributed by atoms with Crippen LogP contribution in [0.3, 0.4) is 0 Å². The second kappa shape index (κ2) is 6.05. The lowest BCUT2D eigenvalue weighted by atomic mass is 10.1. The highest BCUT2D eigenvalue weighted by Crippen LogP contribution is 2.39. The number of aromatic nitrogens is 1. The van der Waals surface area contributed by atoms with Crippen molar-refractivity contribution in [3.8, 4) is 11.5 Å². The molecule has 0 saturated heterocycles. The molecule has 23 heavy (non-hydrogen) atoms. The summed E-state index contributed by atoms with van der Waals surface area (Å²) in [5.74, 6) is -0.613. The summed E-state index contributed by atoms with van der Waals surface area (Å²) < 4.78 is 0. The van der Waals surface area contributed by atoms with Crippen LogP contribution in [0.2, 0.25) is 0 Å². The lowest BCUT2D eigenvalue weighted by Crippen LogP contribution is -2.38. The summed E-state index contributed by atoms with van der Waals surface area (Å²) in [6.45, 7) is 0. The Morgan fingerprint density at radius 3 is 2.78 bits per heavy atom. The zero-order valence-electron chi connectivity index (χ0n) is 11.7. The molecule has 2 heterocycles. The molecule has 0 bridgehead atoms. The molecule has 9 heteroatoms. The van der Waals surface area contributed by atoms with Crippen molar-refractivity contribution in [3.63, 3.8) is 0 Å². The number of hydrazine groups is 1. The molecule has 3 N–H and O–H groups in total. The van der Waals surface area contributed by atoms with Gasteiger partial charge in [-0.25, -0.2) is 10.1 Å². The molecule has 1 aliphatic rings. The number of pyridine rings is 1. The Bertz CT molecular complexity index is 769. The first-order valence-electron chi connectivity index (χ1n) is 6.54. The van der Waals surface area contributed by atoms with E-state index in [2.05, 4.69) is 10.3 Å². The van der Waals surface area contributed by atoms with Gasteiger partial charge in [-0.15, -0.1) is 0 Å². The first kappa shape index (κ1) is 15.0. The summed E-state index contributed by atoms with van der Waals surface area (Å²) in [6.07, 6.45) is 3.18. The van der Waals surface area contributed by atoms with E-state index in [1.807, 2.05) is 0 Å². The molecule has 0 aliphatic carbocycles. The fourth-order valence-electron chi connectivity index (χ4n) is 2.11. The zero-order chi connectivity index (χ0) is 16.4. The maximum atomic E-state index is 11.4. The number of aromatic hydroxyl groups is 2. The van der Waals surface area contributed by atoms with E-state index in [9.17, 15) is 20.3 Å². The second-order valence-corrected chi connectivity index (χ2v) is 5.62. The largest absolute Gasteiger partial charge is 0.504 e. The van der Waals surface area contributed by atoms with Crippen molar-refractivity contribution in [3.05, 3.63) is 63.8 Å². The number of hydrogen-bond donors (Lipinski definition) is 3. The highest BCUT2D eigenvalue weighted by atomic mass is 32.2. The van der Waals surface area contributed by atoms with E-state index in [1.165, 1.54) is 30.0 Å². The van der Waals surface area contributed by atoms with E-state index >= 15 is 0 Å². The van der Waals surface area contributed by atoms with Gasteiger partial charge in [0.25, 0.3) is 0 Å². The van der Waals surface area contributed by atoms with Gasteiger partial charge in [-0.3, -0.25) is 4.98 Å². The van der Waals surface area contributed by atoms with Crippen molar-refractivity contribution in [2.24, 2.45) is 0 Å². The molecule has 118 valence electrons. The standard InChI is InChI=1S/C14H12N4O4S/c19-12-4-3-9(6-13(12)20)11-8-23-14(17(11)18(21)22)16-10-2-1-5-15-7-10/h1-8,14,16,19-20H. The number of benzene rings is 1. The van der Waals surface area contributed by atoms with Crippen molar-refractivity contribution in [2.75, 3.05) is 5.32 Å². The van der Waals surface area contributed by atoms with Gasteiger partial charge in [-0.05, 0) is 30.3 Å². The van der Waals surface area contributed by atoms with Crippen LogP contribution in [0, 0.1) is 10.1 Å². The van der Waals surface area contributed by atoms with Gasteiger partial charge in [0.1, 0.15) is 5.70 Å². The SMILES string of the molecule is O=[N+]([O-])N1C(c2ccc(O)c(O)c2)=CSC1Nc1cccnc1. The molecule has 0 saturated carbocycles. The van der Waals surface area contributed by atoms with Crippen LogP contribution in [0.4, 0.5) is 5.69 Å². The maximum absolute atomic E-state index is 11.4. The average Bonchev–Trinajstić information content (AvgIpc) is 2.95. The Kier molecular flexibility index (Phi) is 3.94. The predicted molar refractivity (Wildman–Crippen MR) is 85.8 cm³/mol. The Balaban J connectivity index is 1.87. The van der Waals surface area contributed by atoms with Crippen molar-refractivity contribution in [1.82, 2.24) is 9.99 Å². The molecule has 8 nitrogen and oxygen atoms in total. The van der Waals surface area contributed by atoms with Crippen LogP contribution >= 0.6 is 11.8 Å². The summed E-state index contributed by atoms with van der Waals surface area (Å²) in [5, 5.41) is 35.5. The van der Waals surface area contributed by atoms with Crippen LogP contribution in [0.25, 0.3) is 5.70 Å². The van der Waals surface area contributed by atoms with Gasteiger partial charge >= 0.3 is 0 Å². The fourth-order valence-corrected chi connectivity index (χ4v) is 3.12. The van der Waals surface area contributed by atoms with Crippen molar-refractivity contribution in [2.45, 2.75) is 5.50 Å². The smallest absolute Gasteiger partial charge is 0.215 e. The van der Waals surface area contributed by atoms with Crippen LogP contribution in [0.5, 0.6) is 11.5 Å². The molecule has 3 rings (SSSR count). The molecule has 1 unspecified atom stereocenters. The molecule has 1 aromatic carbocycles. The summed E-state index contributed by atoms with van der Waals surface area (Å²) in [6, 6.07) is 7.56. The highest BCUT2D eigenvalue weighted by molar-refractivity contribution is 8.03. The number of phenols is 2. The van der Waals surface area contributed by atoms with E-state index in [-0.39, 0.29) is 11.5 Å². The maximum Gasteiger partial charge on any atom is 0.215 e. The number of nitrogens with zero attached hydrogens (tertiary/aromatic N) is 3. The quantitative estimate of drug-likeness (QED) is 0.445. The molecule has 0 spiro atoms. The third-order valence-corrected chi connectivity index (χ3v) is 4.11. The van der Waals surface area contributed by atoms with E-state index in [0.717, 1.165) is 5.01 Å². The molecule has 0 fully saturated rings. The molecule has 0 radical (unpaired) electrons. The van der Waals surface area contributed by atoms with Crippen LogP contribution < -0.4 is 5.32 Å². The second-order valence-electron chi connectivity index (χ2n) is 4.66. The van der Waals surface area contributed by atoms with Gasteiger partial charge in [-0.1, -0.05) is 16.8 Å². The van der Waals surface area contributed by atoms with E-state index in [0.29, 0.717) is 16.9 Å². The number of thioether (sulfide) groups is 1. The zero-order valence-corrected chi connectivity index (χ0v) is 12.5. The van der Waals surface area contributed by atoms with Crippen LogP contribution in [-0.2, 0) is 0 Å². The Hall–Kier alpha value is -2.94. The van der Waals surface area contributed by atoms with Gasteiger partial charge in [0, 0.05) is 17.2 Å². The monoisotopic (exact) mass is 332 g/mol. The first-order valence-corrected chi connectivity index (χ1v) is 7.48. The third-order valence-electron chi connectivity index (χ3n) is 3.18. The van der Waals surface area contributed by atoms with Gasteiger partial charge in [-0.2, -0.15) is 0 Å². The van der Waals surface area contributed by atoms with Crippen molar-refractivity contribution < 1.29 is 15.2 Å². The summed E-state index contributed by atoms with van der Waals surface area (Å²) in [7, 11) is 0. The van der Waals surface area contributed by atoms with Gasteiger partial charge in [0.15, 0.2) is 16.5 Å². The van der Waals surface area contributed by atoms with Crippen molar-refractivity contribution >= 4 is 23.1 Å². The first-order chi connectivity index (χ1) is 11.1. The van der Waals surface area contributed by atoms with Crippen molar-refractivity contribution in [1.29, 1.82) is 0 Å². The molecule has 0 amide bonds. The number of anilines is 1. The Morgan fingerprint density at radius 1 is 1.30 bits per heavy atom. The van der Waals surface area contributed by atoms with Gasteiger partial charge in [0.05, 0.1) is 11.9 Å². The normalized spacial score (nSPS) is 17.0. The van der Waals surface area contributed by atoms with Gasteiger partial charge in [0.2, 0.25) is 5.50 Å². The van der Waals surface area contributed by atoms with E-state index in [1.54, 1.807) is 29.9 Å². The minimum Gasteiger partial charge on any atom is -0.504 e. The number of nitrogens with one attached hydrogen (secondary N) is 1. The molecule has 1 aliphatic heterocycles. The van der Waals surface area contributed by atoms with Crippen LogP contribution in [0.1, 0.15) is 5.56 Å². The Morgan fingerprint density at radius 2 is 2.13 bits per heavy atom. The average molecular weight is 332 g/mol. The molecule has 2 aromatic rings. The molecule has 1 aromatic heterocycles. The summed E-state index contributed by atoms with van der Waals surface area (Å²) in [5.41, 5.74) is 0.747. The highest BCUT2D eigenvalue weighted by Gasteiger charge is 2.37. The van der Waals surface area contributed by atoms with E-state index in [4.69, 9.17) is 0 Å².